The van der Waals surface area contributed by atoms with Crippen molar-refractivity contribution in [2.24, 2.45) is 0 Å². The van der Waals surface area contributed by atoms with Crippen LogP contribution >= 0.6 is 0 Å². The van der Waals surface area contributed by atoms with Gasteiger partial charge in [0, 0.05) is 24.0 Å². The Balaban J connectivity index is -0.000000154. The predicted molar refractivity (Wildman–Crippen MR) is 64.2 cm³/mol. The Bertz CT molecular complexity index is 359. The monoisotopic (exact) mass is 446 g/mol. The molecule has 12 heteroatoms. The third-order valence-electron chi connectivity index (χ3n) is 2.54. The molecular formula is C12H18N2O8Zn2. The Morgan fingerprint density at radius 2 is 0.958 bits per heavy atom. The van der Waals surface area contributed by atoms with Gasteiger partial charge in [0.1, 0.15) is 0 Å². The zero-order valence-electron chi connectivity index (χ0n) is 13.7. The van der Waals surface area contributed by atoms with E-state index < -0.39 is 36.0 Å². The first kappa shape index (κ1) is 30.9. The number of hydrogen-bond donors (Lipinski definition) is 2. The summed E-state index contributed by atoms with van der Waals surface area (Å²) in [6.07, 6.45) is -0.582. The maximum Gasteiger partial charge on any atom is 2.00 e. The van der Waals surface area contributed by atoms with Crippen LogP contribution < -0.4 is 31.1 Å². The first-order valence-corrected chi connectivity index (χ1v) is 6.31. The summed E-state index contributed by atoms with van der Waals surface area (Å²) in [5.41, 5.74) is 0. The summed E-state index contributed by atoms with van der Waals surface area (Å²) in [6.45, 7) is 0. The molecule has 2 N–H and O–H groups in total. The summed E-state index contributed by atoms with van der Waals surface area (Å²) in [5, 5.41) is 44.9. The Labute approximate surface area is 164 Å². The van der Waals surface area contributed by atoms with Crippen LogP contribution in [0.5, 0.6) is 0 Å². The van der Waals surface area contributed by atoms with Gasteiger partial charge in [-0.2, -0.15) is 0 Å². The van der Waals surface area contributed by atoms with Crippen LogP contribution in [0, 0.1) is 0 Å². The normalized spacial score (nSPS) is 11.4. The quantitative estimate of drug-likeness (QED) is 0.304. The van der Waals surface area contributed by atoms with E-state index in [1.54, 1.807) is 0 Å². The summed E-state index contributed by atoms with van der Waals surface area (Å²) in [6, 6.07) is -1.82. The molecule has 0 aromatic rings. The molecule has 0 radical (unpaired) electrons. The molecule has 0 fully saturated rings. The molecule has 10 nitrogen and oxygen atoms in total. The fraction of sp³-hybridized carbons (Fsp3) is 0.667. The number of carboxylic acid groups (broad SMARTS) is 4. The van der Waals surface area contributed by atoms with Gasteiger partial charge in [0.05, 0.1) is 11.9 Å². The van der Waals surface area contributed by atoms with Crippen LogP contribution in [0.25, 0.3) is 0 Å². The van der Waals surface area contributed by atoms with Crippen LogP contribution in [0.3, 0.4) is 0 Å². The van der Waals surface area contributed by atoms with E-state index in [0.717, 1.165) is 0 Å². The second kappa shape index (κ2) is 18.4. The standard InChI is InChI=1S/2C6H11NO4.2Zn/c2*1-7-4(6(10)11)2-3-5(8)9;;/h2*4,7H,2-3H2,1H3,(H,8,9)(H,10,11);;/q;;2*+2/p-4. The zero-order valence-corrected chi connectivity index (χ0v) is 19.6. The maximum atomic E-state index is 10.2. The van der Waals surface area contributed by atoms with E-state index in [2.05, 4.69) is 10.6 Å². The van der Waals surface area contributed by atoms with Gasteiger partial charge in [-0.25, -0.2) is 0 Å². The van der Waals surface area contributed by atoms with Crippen molar-refractivity contribution in [3.63, 3.8) is 0 Å². The fourth-order valence-corrected chi connectivity index (χ4v) is 1.28. The molecule has 24 heavy (non-hydrogen) atoms. The third-order valence-corrected chi connectivity index (χ3v) is 2.54. The van der Waals surface area contributed by atoms with E-state index in [1.165, 1.54) is 14.1 Å². The number of likely N-dealkylation sites (N-methyl/N-ethyl adjacent to an activating group) is 2. The number of carboxylic acids is 4. The molecule has 0 aliphatic rings. The van der Waals surface area contributed by atoms with Gasteiger partial charge in [-0.05, 0) is 39.8 Å². The van der Waals surface area contributed by atoms with Gasteiger partial charge < -0.3 is 50.2 Å². The minimum Gasteiger partial charge on any atom is -0.550 e. The molecule has 0 amide bonds. The summed E-state index contributed by atoms with van der Waals surface area (Å²) in [7, 11) is 2.85. The van der Waals surface area contributed by atoms with E-state index >= 15 is 0 Å². The van der Waals surface area contributed by atoms with Crippen molar-refractivity contribution in [1.82, 2.24) is 10.6 Å². The molecular weight excluding hydrogens is 431 g/mol. The van der Waals surface area contributed by atoms with Gasteiger partial charge in [0.25, 0.3) is 0 Å². The van der Waals surface area contributed by atoms with Crippen LogP contribution in [0.2, 0.25) is 0 Å². The van der Waals surface area contributed by atoms with E-state index in [1.807, 2.05) is 0 Å². The average molecular weight is 449 g/mol. The predicted octanol–water partition coefficient (Wildman–Crippen LogP) is -6.30. The van der Waals surface area contributed by atoms with Crippen LogP contribution in [0.1, 0.15) is 25.7 Å². The zero-order chi connectivity index (χ0) is 17.7. The Morgan fingerprint density at radius 3 is 1.08 bits per heavy atom. The second-order valence-electron chi connectivity index (χ2n) is 4.14. The van der Waals surface area contributed by atoms with Crippen molar-refractivity contribution in [1.29, 1.82) is 0 Å². The van der Waals surface area contributed by atoms with Crippen LogP contribution in [0.15, 0.2) is 0 Å². The molecule has 0 saturated heterocycles. The second-order valence-corrected chi connectivity index (χ2v) is 4.14. The molecule has 0 saturated carbocycles. The number of carbonyl (C=O) groups excluding carboxylic acids is 4. The molecule has 2 atom stereocenters. The first-order chi connectivity index (χ1) is 10.1. The minimum absolute atomic E-state index is 0. The van der Waals surface area contributed by atoms with Crippen LogP contribution in [0.4, 0.5) is 0 Å². The Kier molecular flexibility index (Phi) is 23.7. The Hall–Kier alpha value is -0.953. The molecule has 0 spiro atoms. The van der Waals surface area contributed by atoms with Gasteiger partial charge in [0.2, 0.25) is 0 Å². The van der Waals surface area contributed by atoms with E-state index in [0.29, 0.717) is 0 Å². The molecule has 0 bridgehead atoms. The van der Waals surface area contributed by atoms with Crippen molar-refractivity contribution >= 4 is 23.9 Å². The van der Waals surface area contributed by atoms with Crippen LogP contribution in [-0.2, 0) is 58.1 Å². The SMILES string of the molecule is CNC(CCC(=O)[O-])C(=O)[O-].CNC(CCC(=O)[O-])C(=O)[O-].[Zn+2].[Zn+2]. The summed E-state index contributed by atoms with van der Waals surface area (Å²) in [5.74, 6) is -5.11. The number of carbonyl (C=O) groups is 4. The molecule has 0 aromatic heterocycles. The molecule has 128 valence electrons. The largest absolute Gasteiger partial charge is 2.00 e. The summed E-state index contributed by atoms with van der Waals surface area (Å²) in [4.78, 5) is 40.1. The average Bonchev–Trinajstić information content (AvgIpc) is 2.39. The topological polar surface area (TPSA) is 185 Å². The molecule has 0 aliphatic carbocycles. The van der Waals surface area contributed by atoms with Crippen molar-refractivity contribution in [2.75, 3.05) is 14.1 Å². The van der Waals surface area contributed by atoms with Crippen molar-refractivity contribution in [2.45, 2.75) is 37.8 Å². The van der Waals surface area contributed by atoms with Crippen molar-refractivity contribution in [3.05, 3.63) is 0 Å². The molecule has 2 unspecified atom stereocenters. The van der Waals surface area contributed by atoms with Gasteiger partial charge in [-0.15, -0.1) is 0 Å². The number of aliphatic carboxylic acids is 4. The molecule has 0 aromatic carbocycles. The number of nitrogens with one attached hydrogen (secondary N) is 2. The van der Waals surface area contributed by atoms with Gasteiger partial charge in [0.15, 0.2) is 0 Å². The fourth-order valence-electron chi connectivity index (χ4n) is 1.28. The van der Waals surface area contributed by atoms with Crippen LogP contribution in [-0.4, -0.2) is 50.1 Å². The van der Waals surface area contributed by atoms with Crippen molar-refractivity contribution in [3.8, 4) is 0 Å². The van der Waals surface area contributed by atoms with E-state index in [9.17, 15) is 39.6 Å². The third kappa shape index (κ3) is 19.1. The van der Waals surface area contributed by atoms with Gasteiger partial charge in [-0.1, -0.05) is 0 Å². The Morgan fingerprint density at radius 1 is 0.708 bits per heavy atom. The molecule has 0 heterocycles. The van der Waals surface area contributed by atoms with Gasteiger partial charge in [-0.3, -0.25) is 0 Å². The summed E-state index contributed by atoms with van der Waals surface area (Å²) < 4.78 is 0. The van der Waals surface area contributed by atoms with E-state index in [4.69, 9.17) is 0 Å². The van der Waals surface area contributed by atoms with Crippen molar-refractivity contribution < 1.29 is 78.6 Å². The molecule has 0 rings (SSSR count). The van der Waals surface area contributed by atoms with E-state index in [-0.39, 0.29) is 64.6 Å². The maximum absolute atomic E-state index is 10.2. The number of rotatable bonds is 10. The summed E-state index contributed by atoms with van der Waals surface area (Å²) >= 11 is 0. The minimum atomic E-state index is -1.30. The van der Waals surface area contributed by atoms with Gasteiger partial charge >= 0.3 is 39.0 Å². The molecule has 0 aliphatic heterocycles. The first-order valence-electron chi connectivity index (χ1n) is 6.31. The number of hydrogen-bond acceptors (Lipinski definition) is 10. The smallest absolute Gasteiger partial charge is 0.550 e.